The Labute approximate surface area is 155 Å². The molecular formula is C19H20F3N3O2. The van der Waals surface area contributed by atoms with Gasteiger partial charge >= 0.3 is 6.18 Å². The van der Waals surface area contributed by atoms with Gasteiger partial charge in [-0.3, -0.25) is 14.5 Å². The minimum absolute atomic E-state index is 0.0677. The molecule has 0 aliphatic carbocycles. The number of alkyl halides is 3. The number of amides is 2. The number of benzene rings is 2. The molecule has 0 heterocycles. The lowest BCUT2D eigenvalue weighted by Gasteiger charge is -2.17. The number of hydrogen-bond donors (Lipinski definition) is 2. The van der Waals surface area contributed by atoms with Crippen LogP contribution < -0.4 is 10.6 Å². The molecule has 0 aliphatic heterocycles. The van der Waals surface area contributed by atoms with Crippen LogP contribution in [0.3, 0.4) is 0 Å². The van der Waals surface area contributed by atoms with Gasteiger partial charge in [0.25, 0.3) is 5.91 Å². The smallest absolute Gasteiger partial charge is 0.355 e. The van der Waals surface area contributed by atoms with Crippen molar-refractivity contribution in [3.8, 4) is 0 Å². The van der Waals surface area contributed by atoms with Crippen LogP contribution in [0.15, 0.2) is 48.5 Å². The predicted octanol–water partition coefficient (Wildman–Crippen LogP) is 3.14. The monoisotopic (exact) mass is 379 g/mol. The zero-order valence-electron chi connectivity index (χ0n) is 14.9. The van der Waals surface area contributed by atoms with Crippen LogP contribution in [0.4, 0.5) is 18.9 Å². The molecular weight excluding hydrogens is 359 g/mol. The third-order valence-corrected chi connectivity index (χ3v) is 3.81. The second kappa shape index (κ2) is 8.68. The van der Waals surface area contributed by atoms with Crippen molar-refractivity contribution in [1.82, 2.24) is 10.2 Å². The van der Waals surface area contributed by atoms with Crippen molar-refractivity contribution < 1.29 is 22.8 Å². The summed E-state index contributed by atoms with van der Waals surface area (Å²) in [4.78, 5) is 25.3. The Bertz CT molecular complexity index is 787. The predicted molar refractivity (Wildman–Crippen MR) is 96.2 cm³/mol. The first-order valence-corrected chi connectivity index (χ1v) is 8.15. The lowest BCUT2D eigenvalue weighted by molar-refractivity contribution is -0.137. The molecule has 0 saturated heterocycles. The fourth-order valence-electron chi connectivity index (χ4n) is 2.46. The fraction of sp³-hybridized carbons (Fsp3) is 0.263. The van der Waals surface area contributed by atoms with Gasteiger partial charge in [-0.25, -0.2) is 0 Å². The topological polar surface area (TPSA) is 61.4 Å². The van der Waals surface area contributed by atoms with E-state index in [-0.39, 0.29) is 18.4 Å². The van der Waals surface area contributed by atoms with Gasteiger partial charge in [-0.05, 0) is 49.0 Å². The van der Waals surface area contributed by atoms with Gasteiger partial charge in [0.2, 0.25) is 5.91 Å². The number of anilines is 1. The Morgan fingerprint density at radius 1 is 1.00 bits per heavy atom. The molecule has 2 amide bonds. The molecule has 0 saturated carbocycles. The molecule has 2 aromatic carbocycles. The highest BCUT2D eigenvalue weighted by Crippen LogP contribution is 2.29. The third kappa shape index (κ3) is 6.10. The molecule has 0 aliphatic rings. The summed E-state index contributed by atoms with van der Waals surface area (Å²) in [5.74, 6) is -0.509. The average molecular weight is 379 g/mol. The van der Waals surface area contributed by atoms with Crippen molar-refractivity contribution >= 4 is 17.5 Å². The molecule has 0 bridgehead atoms. The number of nitrogens with one attached hydrogen (secondary N) is 2. The number of hydrogen-bond acceptors (Lipinski definition) is 3. The first-order chi connectivity index (χ1) is 12.7. The maximum atomic E-state index is 12.5. The van der Waals surface area contributed by atoms with Gasteiger partial charge in [-0.2, -0.15) is 13.2 Å². The Morgan fingerprint density at radius 3 is 2.11 bits per heavy atom. The molecule has 8 heteroatoms. The van der Waals surface area contributed by atoms with Crippen LogP contribution in [0.5, 0.6) is 0 Å². The quantitative estimate of drug-likeness (QED) is 0.811. The first-order valence-electron chi connectivity index (χ1n) is 8.15. The van der Waals surface area contributed by atoms with E-state index in [1.807, 2.05) is 0 Å². The van der Waals surface area contributed by atoms with Gasteiger partial charge in [0, 0.05) is 24.8 Å². The van der Waals surface area contributed by atoms with Crippen molar-refractivity contribution in [1.29, 1.82) is 0 Å². The molecule has 144 valence electrons. The lowest BCUT2D eigenvalue weighted by Crippen LogP contribution is -2.29. The number of halogens is 3. The maximum Gasteiger partial charge on any atom is 0.416 e. The summed E-state index contributed by atoms with van der Waals surface area (Å²) >= 11 is 0. The molecule has 27 heavy (non-hydrogen) atoms. The minimum atomic E-state index is -4.41. The Balaban J connectivity index is 1.87. The molecule has 2 N–H and O–H groups in total. The summed E-state index contributed by atoms with van der Waals surface area (Å²) in [6.45, 7) is 0.548. The SMILES string of the molecule is CNC(=O)c1ccc(CN(C)CC(=O)Nc2ccc(C(F)(F)F)cc2)cc1. The van der Waals surface area contributed by atoms with E-state index < -0.39 is 11.7 Å². The number of likely N-dealkylation sites (N-methyl/N-ethyl adjacent to an activating group) is 1. The Kier molecular flexibility index (Phi) is 6.57. The number of carbonyl (C=O) groups excluding carboxylic acids is 2. The maximum absolute atomic E-state index is 12.5. The van der Waals surface area contributed by atoms with Gasteiger partial charge in [-0.15, -0.1) is 0 Å². The summed E-state index contributed by atoms with van der Waals surface area (Å²) in [6.07, 6.45) is -4.41. The van der Waals surface area contributed by atoms with Crippen LogP contribution in [-0.2, 0) is 17.5 Å². The summed E-state index contributed by atoms with van der Waals surface area (Å²) in [6, 6.07) is 11.3. The van der Waals surface area contributed by atoms with Crippen molar-refractivity contribution in [3.05, 3.63) is 65.2 Å². The first kappa shape index (κ1) is 20.4. The van der Waals surface area contributed by atoms with E-state index in [4.69, 9.17) is 0 Å². The summed E-state index contributed by atoms with van der Waals surface area (Å²) in [5.41, 5.74) is 1.01. The lowest BCUT2D eigenvalue weighted by atomic mass is 10.1. The molecule has 0 aromatic heterocycles. The van der Waals surface area contributed by atoms with E-state index in [1.165, 1.54) is 12.1 Å². The zero-order chi connectivity index (χ0) is 20.0. The average Bonchev–Trinajstić information content (AvgIpc) is 2.61. The third-order valence-electron chi connectivity index (χ3n) is 3.81. The van der Waals surface area contributed by atoms with Gasteiger partial charge in [0.05, 0.1) is 12.1 Å². The van der Waals surface area contributed by atoms with E-state index in [1.54, 1.807) is 43.3 Å². The molecule has 5 nitrogen and oxygen atoms in total. The van der Waals surface area contributed by atoms with Crippen LogP contribution >= 0.6 is 0 Å². The highest BCUT2D eigenvalue weighted by molar-refractivity contribution is 5.94. The molecule has 0 spiro atoms. The zero-order valence-corrected chi connectivity index (χ0v) is 14.9. The highest BCUT2D eigenvalue weighted by Gasteiger charge is 2.29. The summed E-state index contributed by atoms with van der Waals surface area (Å²) < 4.78 is 37.6. The van der Waals surface area contributed by atoms with Crippen molar-refractivity contribution in [2.45, 2.75) is 12.7 Å². The number of rotatable bonds is 6. The summed E-state index contributed by atoms with van der Waals surface area (Å²) in [7, 11) is 3.30. The van der Waals surface area contributed by atoms with Gasteiger partial charge in [-0.1, -0.05) is 12.1 Å². The second-order valence-corrected chi connectivity index (χ2v) is 6.07. The van der Waals surface area contributed by atoms with E-state index >= 15 is 0 Å². The van der Waals surface area contributed by atoms with Crippen LogP contribution in [0.25, 0.3) is 0 Å². The number of carbonyl (C=O) groups is 2. The molecule has 0 radical (unpaired) electrons. The Morgan fingerprint density at radius 2 is 1.59 bits per heavy atom. The van der Waals surface area contributed by atoms with Gasteiger partial charge < -0.3 is 10.6 Å². The molecule has 0 atom stereocenters. The molecule has 0 unspecified atom stereocenters. The van der Waals surface area contributed by atoms with E-state index in [9.17, 15) is 22.8 Å². The second-order valence-electron chi connectivity index (χ2n) is 6.07. The standard InChI is InChI=1S/C19H20F3N3O2/c1-23-18(27)14-5-3-13(4-6-14)11-25(2)12-17(26)24-16-9-7-15(8-10-16)19(20,21)22/h3-10H,11-12H2,1-2H3,(H,23,27)(H,24,26). The van der Waals surface area contributed by atoms with Crippen LogP contribution in [-0.4, -0.2) is 37.4 Å². The van der Waals surface area contributed by atoms with Crippen molar-refractivity contribution in [3.63, 3.8) is 0 Å². The van der Waals surface area contributed by atoms with Crippen molar-refractivity contribution in [2.24, 2.45) is 0 Å². The Hall–Kier alpha value is -2.87. The van der Waals surface area contributed by atoms with E-state index in [2.05, 4.69) is 10.6 Å². The van der Waals surface area contributed by atoms with Crippen molar-refractivity contribution in [2.75, 3.05) is 26.0 Å². The fourth-order valence-corrected chi connectivity index (χ4v) is 2.46. The van der Waals surface area contributed by atoms with Crippen LogP contribution in [0.2, 0.25) is 0 Å². The minimum Gasteiger partial charge on any atom is -0.355 e. The largest absolute Gasteiger partial charge is 0.416 e. The number of nitrogens with zero attached hydrogens (tertiary/aromatic N) is 1. The summed E-state index contributed by atoms with van der Waals surface area (Å²) in [5, 5.41) is 5.11. The van der Waals surface area contributed by atoms with E-state index in [0.717, 1.165) is 17.7 Å². The van der Waals surface area contributed by atoms with Gasteiger partial charge in [0.1, 0.15) is 0 Å². The van der Waals surface area contributed by atoms with Crippen LogP contribution in [0, 0.1) is 0 Å². The van der Waals surface area contributed by atoms with E-state index in [0.29, 0.717) is 17.8 Å². The normalized spacial score (nSPS) is 11.3. The molecule has 0 fully saturated rings. The molecule has 2 aromatic rings. The van der Waals surface area contributed by atoms with Gasteiger partial charge in [0.15, 0.2) is 0 Å². The molecule has 2 rings (SSSR count). The highest BCUT2D eigenvalue weighted by atomic mass is 19.4. The van der Waals surface area contributed by atoms with Crippen LogP contribution in [0.1, 0.15) is 21.5 Å².